The van der Waals surface area contributed by atoms with Crippen molar-refractivity contribution >= 4 is 5.78 Å². The Balaban J connectivity index is 2.35. The van der Waals surface area contributed by atoms with Crippen LogP contribution in [0.25, 0.3) is 0 Å². The van der Waals surface area contributed by atoms with Crippen LogP contribution < -0.4 is 5.32 Å². The van der Waals surface area contributed by atoms with Crippen LogP contribution in [0.3, 0.4) is 0 Å². The Labute approximate surface area is 70.6 Å². The van der Waals surface area contributed by atoms with Crippen LogP contribution in [0.1, 0.15) is 16.9 Å². The van der Waals surface area contributed by atoms with E-state index < -0.39 is 0 Å². The number of nitrogens with zero attached hydrogens (tertiary/aromatic N) is 2. The molecule has 4 nitrogen and oxygen atoms in total. The number of likely N-dealkylation sites (N-methyl/N-ethyl adjacent to an activating group) is 1. The summed E-state index contributed by atoms with van der Waals surface area (Å²) in [5.41, 5.74) is 0.723. The first-order valence-electron chi connectivity index (χ1n) is 4.06. The molecule has 0 aliphatic carbocycles. The molecule has 0 aromatic carbocycles. The van der Waals surface area contributed by atoms with Crippen LogP contribution in [0.2, 0.25) is 0 Å². The summed E-state index contributed by atoms with van der Waals surface area (Å²) in [6.07, 6.45) is 2.51. The summed E-state index contributed by atoms with van der Waals surface area (Å²) in [6.45, 7) is 0.833. The zero-order chi connectivity index (χ0) is 8.55. The third-order valence-corrected chi connectivity index (χ3v) is 2.26. The Kier molecular flexibility index (Phi) is 1.69. The molecule has 2 heterocycles. The highest BCUT2D eigenvalue weighted by molar-refractivity contribution is 5.99. The standard InChI is InChI=1S/C8H11N3O/c1-9-6-3-5-11-7(8(6)12)2-4-10-11/h2,4,6,9H,3,5H2,1H3. The maximum Gasteiger partial charge on any atom is 0.197 e. The van der Waals surface area contributed by atoms with Crippen LogP contribution in [0.4, 0.5) is 0 Å². The Morgan fingerprint density at radius 1 is 1.75 bits per heavy atom. The molecule has 2 rings (SSSR count). The number of aryl methyl sites for hydroxylation is 1. The van der Waals surface area contributed by atoms with Gasteiger partial charge < -0.3 is 5.32 Å². The molecule has 0 amide bonds. The predicted molar refractivity (Wildman–Crippen MR) is 44.0 cm³/mol. The molecule has 0 spiro atoms. The Morgan fingerprint density at radius 2 is 2.58 bits per heavy atom. The van der Waals surface area contributed by atoms with Crippen LogP contribution in [-0.2, 0) is 6.54 Å². The lowest BCUT2D eigenvalue weighted by Gasteiger charge is -2.20. The minimum Gasteiger partial charge on any atom is -0.310 e. The monoisotopic (exact) mass is 165 g/mol. The van der Waals surface area contributed by atoms with Gasteiger partial charge in [-0.3, -0.25) is 9.48 Å². The molecule has 0 saturated heterocycles. The second kappa shape index (κ2) is 2.71. The smallest absolute Gasteiger partial charge is 0.197 e. The van der Waals surface area contributed by atoms with E-state index in [1.807, 2.05) is 7.05 Å². The number of ketones is 1. The van der Waals surface area contributed by atoms with Gasteiger partial charge in [0, 0.05) is 12.7 Å². The summed E-state index contributed by atoms with van der Waals surface area (Å²) < 4.78 is 1.76. The van der Waals surface area contributed by atoms with Gasteiger partial charge in [0.25, 0.3) is 0 Å². The molecule has 1 aliphatic heterocycles. The van der Waals surface area contributed by atoms with Crippen molar-refractivity contribution in [3.05, 3.63) is 18.0 Å². The number of rotatable bonds is 1. The first-order valence-corrected chi connectivity index (χ1v) is 4.06. The van der Waals surface area contributed by atoms with E-state index in [1.165, 1.54) is 0 Å². The van der Waals surface area contributed by atoms with Crippen molar-refractivity contribution in [2.24, 2.45) is 0 Å². The molecule has 0 saturated carbocycles. The van der Waals surface area contributed by atoms with Crippen LogP contribution >= 0.6 is 0 Å². The normalized spacial score (nSPS) is 22.4. The van der Waals surface area contributed by atoms with Crippen LogP contribution in [-0.4, -0.2) is 28.7 Å². The molecule has 1 unspecified atom stereocenters. The molecule has 12 heavy (non-hydrogen) atoms. The average molecular weight is 165 g/mol. The Hall–Kier alpha value is -1.16. The molecule has 1 atom stereocenters. The third-order valence-electron chi connectivity index (χ3n) is 2.26. The van der Waals surface area contributed by atoms with E-state index in [0.717, 1.165) is 18.7 Å². The highest BCUT2D eigenvalue weighted by Crippen LogP contribution is 2.13. The van der Waals surface area contributed by atoms with Crippen molar-refractivity contribution in [2.45, 2.75) is 19.0 Å². The van der Waals surface area contributed by atoms with Gasteiger partial charge in [-0.2, -0.15) is 5.10 Å². The van der Waals surface area contributed by atoms with Crippen molar-refractivity contribution in [2.75, 3.05) is 7.05 Å². The third kappa shape index (κ3) is 0.956. The van der Waals surface area contributed by atoms with Crippen molar-refractivity contribution in [1.82, 2.24) is 15.1 Å². The number of nitrogens with one attached hydrogen (secondary N) is 1. The summed E-state index contributed by atoms with van der Waals surface area (Å²) in [4.78, 5) is 11.6. The quantitative estimate of drug-likeness (QED) is 0.640. The van der Waals surface area contributed by atoms with Gasteiger partial charge in [-0.25, -0.2) is 0 Å². The molecule has 0 fully saturated rings. The van der Waals surface area contributed by atoms with Crippen molar-refractivity contribution in [1.29, 1.82) is 0 Å². The average Bonchev–Trinajstić information content (AvgIpc) is 2.53. The molecule has 1 N–H and O–H groups in total. The van der Waals surface area contributed by atoms with Gasteiger partial charge in [-0.1, -0.05) is 0 Å². The molecular weight excluding hydrogens is 154 g/mol. The number of carbonyl (C=O) groups is 1. The Bertz CT molecular complexity index is 305. The fraction of sp³-hybridized carbons (Fsp3) is 0.500. The van der Waals surface area contributed by atoms with E-state index in [0.29, 0.717) is 0 Å². The number of carbonyl (C=O) groups excluding carboxylic acids is 1. The SMILES string of the molecule is CNC1CCn2nccc2C1=O. The maximum absolute atomic E-state index is 11.6. The number of aromatic nitrogens is 2. The van der Waals surface area contributed by atoms with E-state index in [9.17, 15) is 4.79 Å². The second-order valence-corrected chi connectivity index (χ2v) is 2.93. The lowest BCUT2D eigenvalue weighted by Crippen LogP contribution is -2.40. The van der Waals surface area contributed by atoms with E-state index >= 15 is 0 Å². The number of Topliss-reactive ketones (excluding diaryl/α,β-unsaturated/α-hetero) is 1. The number of hydrogen-bond acceptors (Lipinski definition) is 3. The summed E-state index contributed by atoms with van der Waals surface area (Å²) in [5, 5.41) is 7.04. The minimum atomic E-state index is -0.0193. The molecule has 1 aliphatic rings. The van der Waals surface area contributed by atoms with Gasteiger partial charge in [0.05, 0.1) is 6.04 Å². The maximum atomic E-state index is 11.6. The largest absolute Gasteiger partial charge is 0.310 e. The van der Waals surface area contributed by atoms with E-state index in [1.54, 1.807) is 16.9 Å². The highest BCUT2D eigenvalue weighted by atomic mass is 16.1. The fourth-order valence-corrected chi connectivity index (χ4v) is 1.56. The first kappa shape index (κ1) is 7.49. The number of fused-ring (bicyclic) bond motifs is 1. The molecule has 0 radical (unpaired) electrons. The molecule has 4 heteroatoms. The van der Waals surface area contributed by atoms with E-state index in [-0.39, 0.29) is 11.8 Å². The summed E-state index contributed by atoms with van der Waals surface area (Å²) in [7, 11) is 1.81. The van der Waals surface area contributed by atoms with Crippen molar-refractivity contribution in [3.63, 3.8) is 0 Å². The van der Waals surface area contributed by atoms with Crippen LogP contribution in [0, 0.1) is 0 Å². The number of hydrogen-bond donors (Lipinski definition) is 1. The lowest BCUT2D eigenvalue weighted by molar-refractivity contribution is 0.0908. The summed E-state index contributed by atoms with van der Waals surface area (Å²) >= 11 is 0. The fourth-order valence-electron chi connectivity index (χ4n) is 1.56. The topological polar surface area (TPSA) is 46.9 Å². The zero-order valence-electron chi connectivity index (χ0n) is 6.95. The Morgan fingerprint density at radius 3 is 3.33 bits per heavy atom. The highest BCUT2D eigenvalue weighted by Gasteiger charge is 2.26. The second-order valence-electron chi connectivity index (χ2n) is 2.93. The van der Waals surface area contributed by atoms with Gasteiger partial charge in [0.15, 0.2) is 5.78 Å². The van der Waals surface area contributed by atoms with E-state index in [2.05, 4.69) is 10.4 Å². The summed E-state index contributed by atoms with van der Waals surface area (Å²) in [5.74, 6) is 0.154. The van der Waals surface area contributed by atoms with Crippen LogP contribution in [0.5, 0.6) is 0 Å². The molecule has 64 valence electrons. The molecule has 1 aromatic heterocycles. The molecule has 0 bridgehead atoms. The van der Waals surface area contributed by atoms with Gasteiger partial charge >= 0.3 is 0 Å². The molecule has 1 aromatic rings. The van der Waals surface area contributed by atoms with Crippen LogP contribution in [0.15, 0.2) is 12.3 Å². The summed E-state index contributed by atoms with van der Waals surface area (Å²) in [6, 6.07) is 1.75. The van der Waals surface area contributed by atoms with Gasteiger partial charge in [-0.05, 0) is 19.5 Å². The van der Waals surface area contributed by atoms with Crippen molar-refractivity contribution < 1.29 is 4.79 Å². The van der Waals surface area contributed by atoms with Crippen molar-refractivity contribution in [3.8, 4) is 0 Å². The van der Waals surface area contributed by atoms with Gasteiger partial charge in [-0.15, -0.1) is 0 Å². The minimum absolute atomic E-state index is 0.0193. The predicted octanol–water partition coefficient (Wildman–Crippen LogP) is 0.0575. The van der Waals surface area contributed by atoms with E-state index in [4.69, 9.17) is 0 Å². The van der Waals surface area contributed by atoms with Gasteiger partial charge in [0.1, 0.15) is 5.69 Å². The first-order chi connectivity index (χ1) is 5.83. The zero-order valence-corrected chi connectivity index (χ0v) is 6.95. The molecular formula is C8H11N3O. The lowest BCUT2D eigenvalue weighted by atomic mass is 10.0. The van der Waals surface area contributed by atoms with Gasteiger partial charge in [0.2, 0.25) is 0 Å².